The van der Waals surface area contributed by atoms with Gasteiger partial charge in [-0.25, -0.2) is 0 Å². The largest absolute Gasteiger partial charge is 0.342 e. The van der Waals surface area contributed by atoms with E-state index >= 15 is 0 Å². The van der Waals surface area contributed by atoms with E-state index < -0.39 is 0 Å². The predicted molar refractivity (Wildman–Crippen MR) is 56.8 cm³/mol. The van der Waals surface area contributed by atoms with Crippen LogP contribution in [0.4, 0.5) is 0 Å². The van der Waals surface area contributed by atoms with Crippen LogP contribution in [-0.4, -0.2) is 23.9 Å². The Morgan fingerprint density at radius 1 is 1.64 bits per heavy atom. The molecule has 1 unspecified atom stereocenters. The highest BCUT2D eigenvalue weighted by molar-refractivity contribution is 5.76. The van der Waals surface area contributed by atoms with Gasteiger partial charge in [-0.15, -0.1) is 0 Å². The van der Waals surface area contributed by atoms with E-state index in [0.29, 0.717) is 18.2 Å². The Hall–Kier alpha value is -1.05. The van der Waals surface area contributed by atoms with Crippen molar-refractivity contribution in [2.45, 2.75) is 26.2 Å². The third-order valence-corrected chi connectivity index (χ3v) is 3.16. The van der Waals surface area contributed by atoms with E-state index in [1.165, 1.54) is 5.57 Å². The Bertz CT molecular complexity index is 291. The van der Waals surface area contributed by atoms with Gasteiger partial charge in [-0.1, -0.05) is 30.7 Å². The molecule has 1 amide bonds. The molecule has 76 valence electrons. The van der Waals surface area contributed by atoms with Crippen LogP contribution in [-0.2, 0) is 4.79 Å². The minimum Gasteiger partial charge on any atom is -0.342 e. The minimum atomic E-state index is 0.304. The second-order valence-corrected chi connectivity index (χ2v) is 4.05. The van der Waals surface area contributed by atoms with Crippen LogP contribution in [0.2, 0.25) is 0 Å². The Balaban J connectivity index is 2.02. The van der Waals surface area contributed by atoms with Gasteiger partial charge in [0.25, 0.3) is 0 Å². The van der Waals surface area contributed by atoms with Crippen molar-refractivity contribution in [3.8, 4) is 0 Å². The summed E-state index contributed by atoms with van der Waals surface area (Å²) in [4.78, 5) is 13.5. The Morgan fingerprint density at radius 2 is 2.50 bits per heavy atom. The lowest BCUT2D eigenvalue weighted by Crippen LogP contribution is -2.40. The molecule has 2 heteroatoms. The highest BCUT2D eigenvalue weighted by Crippen LogP contribution is 2.28. The number of fused-ring (bicyclic) bond motifs is 1. The van der Waals surface area contributed by atoms with Crippen molar-refractivity contribution in [3.05, 3.63) is 23.8 Å². The zero-order valence-corrected chi connectivity index (χ0v) is 8.70. The fraction of sp³-hybridized carbons (Fsp3) is 0.583. The monoisotopic (exact) mass is 191 g/mol. The summed E-state index contributed by atoms with van der Waals surface area (Å²) in [7, 11) is 0. The van der Waals surface area contributed by atoms with Gasteiger partial charge in [-0.3, -0.25) is 4.79 Å². The molecule has 0 aromatic carbocycles. The van der Waals surface area contributed by atoms with Gasteiger partial charge in [0.2, 0.25) is 5.91 Å². The number of rotatable bonds is 1. The topological polar surface area (TPSA) is 20.3 Å². The van der Waals surface area contributed by atoms with E-state index in [4.69, 9.17) is 0 Å². The van der Waals surface area contributed by atoms with Crippen LogP contribution in [0.15, 0.2) is 23.8 Å². The molecule has 0 N–H and O–H groups in total. The molecule has 1 atom stereocenters. The lowest BCUT2D eigenvalue weighted by molar-refractivity contribution is -0.131. The Morgan fingerprint density at radius 3 is 3.29 bits per heavy atom. The van der Waals surface area contributed by atoms with E-state index in [2.05, 4.69) is 18.2 Å². The zero-order chi connectivity index (χ0) is 9.97. The summed E-state index contributed by atoms with van der Waals surface area (Å²) in [6.45, 7) is 3.79. The van der Waals surface area contributed by atoms with Crippen LogP contribution in [0, 0.1) is 5.92 Å². The van der Waals surface area contributed by atoms with Crippen LogP contribution in [0.3, 0.4) is 0 Å². The summed E-state index contributed by atoms with van der Waals surface area (Å²) in [6, 6.07) is 0. The molecule has 0 aromatic rings. The summed E-state index contributed by atoms with van der Waals surface area (Å²) < 4.78 is 0. The van der Waals surface area contributed by atoms with E-state index in [-0.39, 0.29) is 0 Å². The van der Waals surface area contributed by atoms with Gasteiger partial charge >= 0.3 is 0 Å². The first-order valence-electron chi connectivity index (χ1n) is 5.44. The van der Waals surface area contributed by atoms with Crippen molar-refractivity contribution in [1.82, 2.24) is 4.90 Å². The summed E-state index contributed by atoms with van der Waals surface area (Å²) in [5.74, 6) is 0.905. The normalized spacial score (nSPS) is 25.6. The first-order valence-corrected chi connectivity index (χ1v) is 5.44. The van der Waals surface area contributed by atoms with Gasteiger partial charge in [0.15, 0.2) is 0 Å². The number of nitrogens with zero attached hydrogens (tertiary/aromatic N) is 1. The molecule has 2 nitrogen and oxygen atoms in total. The van der Waals surface area contributed by atoms with E-state index in [1.807, 2.05) is 11.8 Å². The number of hydrogen-bond acceptors (Lipinski definition) is 1. The number of piperidine rings is 1. The van der Waals surface area contributed by atoms with Gasteiger partial charge in [0.05, 0.1) is 0 Å². The van der Waals surface area contributed by atoms with Gasteiger partial charge in [0.1, 0.15) is 0 Å². The van der Waals surface area contributed by atoms with Gasteiger partial charge in [-0.2, -0.15) is 0 Å². The first kappa shape index (κ1) is 9.50. The molecule has 2 aliphatic rings. The highest BCUT2D eigenvalue weighted by Gasteiger charge is 2.26. The van der Waals surface area contributed by atoms with Gasteiger partial charge in [0, 0.05) is 25.4 Å². The van der Waals surface area contributed by atoms with Crippen LogP contribution in [0.25, 0.3) is 0 Å². The van der Waals surface area contributed by atoms with Crippen molar-refractivity contribution >= 4 is 5.91 Å². The molecule has 2 rings (SSSR count). The molecule has 0 spiro atoms. The second-order valence-electron chi connectivity index (χ2n) is 4.05. The molecule has 0 aromatic heterocycles. The molecule has 1 heterocycles. The van der Waals surface area contributed by atoms with Crippen molar-refractivity contribution in [1.29, 1.82) is 0 Å². The number of allylic oxidation sites excluding steroid dienone is 3. The molecule has 1 aliphatic carbocycles. The number of carbonyl (C=O) groups excluding carboxylic acids is 1. The molecule has 0 saturated carbocycles. The third kappa shape index (κ3) is 1.74. The summed E-state index contributed by atoms with van der Waals surface area (Å²) in [5, 5.41) is 0. The fourth-order valence-corrected chi connectivity index (χ4v) is 2.27. The lowest BCUT2D eigenvalue weighted by Gasteiger charge is -2.35. The van der Waals surface area contributed by atoms with Crippen LogP contribution < -0.4 is 0 Å². The first-order chi connectivity index (χ1) is 6.81. The lowest BCUT2D eigenvalue weighted by atomic mass is 9.86. The summed E-state index contributed by atoms with van der Waals surface area (Å²) >= 11 is 0. The van der Waals surface area contributed by atoms with Crippen molar-refractivity contribution in [3.63, 3.8) is 0 Å². The van der Waals surface area contributed by atoms with Gasteiger partial charge in [-0.05, 0) is 12.8 Å². The predicted octanol–water partition coefficient (Wildman–Crippen LogP) is 2.13. The molecule has 1 aliphatic heterocycles. The molecule has 14 heavy (non-hydrogen) atoms. The zero-order valence-electron chi connectivity index (χ0n) is 8.70. The van der Waals surface area contributed by atoms with E-state index in [1.54, 1.807) is 0 Å². The average molecular weight is 191 g/mol. The minimum absolute atomic E-state index is 0.304. The number of likely N-dealkylation sites (tertiary alicyclic amines) is 1. The highest BCUT2D eigenvalue weighted by atomic mass is 16.2. The van der Waals surface area contributed by atoms with Crippen molar-refractivity contribution in [2.24, 2.45) is 5.92 Å². The maximum absolute atomic E-state index is 11.5. The van der Waals surface area contributed by atoms with Crippen LogP contribution >= 0.6 is 0 Å². The fourth-order valence-electron chi connectivity index (χ4n) is 2.27. The molecular weight excluding hydrogens is 174 g/mol. The standard InChI is InChI=1S/C12H17NO/c1-2-12(14)13-8-7-10-5-3-4-6-11(10)9-13/h3-5,11H,2,6-9H2,1H3. The maximum atomic E-state index is 11.5. The SMILES string of the molecule is CCC(=O)N1CCC2=CC=CCC2C1. The molecule has 1 saturated heterocycles. The summed E-state index contributed by atoms with van der Waals surface area (Å²) in [5.41, 5.74) is 1.53. The average Bonchev–Trinajstić information content (AvgIpc) is 2.27. The molecular formula is C12H17NO. The maximum Gasteiger partial charge on any atom is 0.222 e. The Labute approximate surface area is 85.3 Å². The quantitative estimate of drug-likeness (QED) is 0.621. The van der Waals surface area contributed by atoms with Crippen LogP contribution in [0.5, 0.6) is 0 Å². The van der Waals surface area contributed by atoms with Crippen molar-refractivity contribution < 1.29 is 4.79 Å². The molecule has 0 radical (unpaired) electrons. The molecule has 1 fully saturated rings. The number of hydrogen-bond donors (Lipinski definition) is 0. The molecule has 0 bridgehead atoms. The third-order valence-electron chi connectivity index (χ3n) is 3.16. The Kier molecular flexibility index (Phi) is 2.71. The van der Waals surface area contributed by atoms with E-state index in [0.717, 1.165) is 25.9 Å². The second kappa shape index (κ2) is 3.99. The number of carbonyl (C=O) groups is 1. The van der Waals surface area contributed by atoms with Crippen LogP contribution in [0.1, 0.15) is 26.2 Å². The van der Waals surface area contributed by atoms with Gasteiger partial charge < -0.3 is 4.90 Å². The van der Waals surface area contributed by atoms with E-state index in [9.17, 15) is 4.79 Å². The number of amides is 1. The smallest absolute Gasteiger partial charge is 0.222 e. The van der Waals surface area contributed by atoms with Crippen molar-refractivity contribution in [2.75, 3.05) is 13.1 Å². The summed E-state index contributed by atoms with van der Waals surface area (Å²) in [6.07, 6.45) is 9.39.